The lowest BCUT2D eigenvalue weighted by Gasteiger charge is -2.41. The summed E-state index contributed by atoms with van der Waals surface area (Å²) in [5, 5.41) is 5.38. The predicted octanol–water partition coefficient (Wildman–Crippen LogP) is 1.67. The molecule has 5 rings (SSSR count). The van der Waals surface area contributed by atoms with Gasteiger partial charge in [0, 0.05) is 43.7 Å². The molecule has 2 aromatic heterocycles. The van der Waals surface area contributed by atoms with Gasteiger partial charge < -0.3 is 14.9 Å². The molecule has 1 saturated heterocycles. The highest BCUT2D eigenvalue weighted by Gasteiger charge is 2.30. The van der Waals surface area contributed by atoms with Gasteiger partial charge in [-0.1, -0.05) is 12.1 Å². The summed E-state index contributed by atoms with van der Waals surface area (Å²) < 4.78 is 50.2. The first-order valence-electron chi connectivity index (χ1n) is 11.2. The molecule has 0 radical (unpaired) electrons. The van der Waals surface area contributed by atoms with Crippen LogP contribution in [0.25, 0.3) is 22.2 Å². The number of hydrazine groups is 1. The lowest BCUT2D eigenvalue weighted by molar-refractivity contribution is -0.117. The summed E-state index contributed by atoms with van der Waals surface area (Å²) in [5.41, 5.74) is 2.77. The Hall–Kier alpha value is -2.84. The van der Waals surface area contributed by atoms with Crippen molar-refractivity contribution in [1.29, 1.82) is 0 Å². The second kappa shape index (κ2) is 9.32. The van der Waals surface area contributed by atoms with Crippen LogP contribution in [0.1, 0.15) is 12.8 Å². The molecule has 1 unspecified atom stereocenters. The number of pyridine rings is 1. The number of anilines is 2. The highest BCUT2D eigenvalue weighted by Crippen LogP contribution is 2.34. The molecular formula is C22H25N6O5S2-. The highest BCUT2D eigenvalue weighted by molar-refractivity contribution is 7.88. The lowest BCUT2D eigenvalue weighted by Crippen LogP contribution is -2.55. The van der Waals surface area contributed by atoms with Gasteiger partial charge in [-0.15, -0.1) is 0 Å². The second-order valence-electron chi connectivity index (χ2n) is 8.71. The topological polar surface area (TPSA) is 142 Å². The smallest absolute Gasteiger partial charge is 0.228 e. The summed E-state index contributed by atoms with van der Waals surface area (Å²) in [6, 6.07) is 10.8. The fourth-order valence-electron chi connectivity index (χ4n) is 4.22. The van der Waals surface area contributed by atoms with Crippen molar-refractivity contribution in [1.82, 2.24) is 19.3 Å². The van der Waals surface area contributed by atoms with Crippen LogP contribution in [0.3, 0.4) is 0 Å². The van der Waals surface area contributed by atoms with Crippen LogP contribution in [0.4, 0.5) is 11.5 Å². The molecule has 1 atom stereocenters. The molecule has 2 fully saturated rings. The monoisotopic (exact) mass is 517 g/mol. The van der Waals surface area contributed by atoms with Crippen molar-refractivity contribution in [2.24, 2.45) is 5.92 Å². The van der Waals surface area contributed by atoms with Crippen molar-refractivity contribution in [3.05, 3.63) is 42.6 Å². The summed E-state index contributed by atoms with van der Waals surface area (Å²) in [6.45, 7) is 0.924. The average Bonchev–Trinajstić information content (AvgIpc) is 3.57. The number of hydrogen-bond donors (Lipinski definition) is 2. The summed E-state index contributed by atoms with van der Waals surface area (Å²) >= 11 is -2.58. The number of aromatic amines is 1. The van der Waals surface area contributed by atoms with E-state index in [0.29, 0.717) is 17.2 Å². The molecule has 13 heteroatoms. The molecule has 1 amide bonds. The molecule has 35 heavy (non-hydrogen) atoms. The first kappa shape index (κ1) is 23.9. The fraction of sp³-hybridized carbons (Fsp3) is 0.364. The van der Waals surface area contributed by atoms with Crippen molar-refractivity contribution in [3.63, 3.8) is 0 Å². The van der Waals surface area contributed by atoms with Crippen LogP contribution < -0.4 is 9.73 Å². The number of nitrogens with one attached hydrogen (secondary N) is 2. The van der Waals surface area contributed by atoms with E-state index in [0.717, 1.165) is 40.0 Å². The Bertz CT molecular complexity index is 1380. The van der Waals surface area contributed by atoms with Crippen LogP contribution in [0, 0.1) is 5.92 Å². The van der Waals surface area contributed by atoms with Crippen molar-refractivity contribution in [3.8, 4) is 11.1 Å². The number of carbonyl (C=O) groups is 1. The van der Waals surface area contributed by atoms with E-state index in [1.807, 2.05) is 24.3 Å². The van der Waals surface area contributed by atoms with E-state index in [4.69, 9.17) is 0 Å². The number of sulfonamides is 1. The molecule has 186 valence electrons. The number of piperazine rings is 1. The molecule has 11 nitrogen and oxygen atoms in total. The van der Waals surface area contributed by atoms with Gasteiger partial charge in [-0.2, -0.15) is 4.31 Å². The largest absolute Gasteiger partial charge is 0.754 e. The van der Waals surface area contributed by atoms with Gasteiger partial charge in [0.05, 0.1) is 23.2 Å². The predicted molar refractivity (Wildman–Crippen MR) is 132 cm³/mol. The van der Waals surface area contributed by atoms with Crippen molar-refractivity contribution < 1.29 is 22.0 Å². The van der Waals surface area contributed by atoms with E-state index < -0.39 is 21.3 Å². The Morgan fingerprint density at radius 3 is 2.46 bits per heavy atom. The highest BCUT2D eigenvalue weighted by atomic mass is 32.2. The van der Waals surface area contributed by atoms with Crippen molar-refractivity contribution in [2.45, 2.75) is 12.8 Å². The van der Waals surface area contributed by atoms with E-state index in [1.54, 1.807) is 23.3 Å². The first-order chi connectivity index (χ1) is 16.7. The fourth-order valence-corrected chi connectivity index (χ4v) is 5.69. The van der Waals surface area contributed by atoms with Crippen LogP contribution in [-0.2, 0) is 26.1 Å². The molecule has 1 saturated carbocycles. The maximum absolute atomic E-state index is 12.2. The maximum Gasteiger partial charge on any atom is 0.228 e. The number of aromatic nitrogens is 2. The van der Waals surface area contributed by atoms with Gasteiger partial charge in [0.1, 0.15) is 11.5 Å². The van der Waals surface area contributed by atoms with Gasteiger partial charge in [0.25, 0.3) is 0 Å². The van der Waals surface area contributed by atoms with Gasteiger partial charge >= 0.3 is 0 Å². The molecule has 3 heterocycles. The summed E-state index contributed by atoms with van der Waals surface area (Å²) in [7, 11) is -3.32. The zero-order chi connectivity index (χ0) is 24.7. The Labute approximate surface area is 205 Å². The molecule has 0 bridgehead atoms. The lowest BCUT2D eigenvalue weighted by atomic mass is 10.0. The zero-order valence-electron chi connectivity index (χ0n) is 19.0. The second-order valence-corrected chi connectivity index (χ2v) is 11.5. The van der Waals surface area contributed by atoms with Crippen LogP contribution >= 0.6 is 0 Å². The number of fused-ring (bicyclic) bond motifs is 1. The van der Waals surface area contributed by atoms with Gasteiger partial charge in [-0.05, 0) is 48.2 Å². The molecule has 1 aromatic carbocycles. The molecule has 2 aliphatic rings. The van der Waals surface area contributed by atoms with Gasteiger partial charge in [-0.3, -0.25) is 9.00 Å². The third-order valence-corrected chi connectivity index (χ3v) is 8.24. The first-order valence-corrected chi connectivity index (χ1v) is 14.1. The average molecular weight is 518 g/mol. The number of H-pyrrole nitrogens is 1. The maximum atomic E-state index is 12.2. The summed E-state index contributed by atoms with van der Waals surface area (Å²) in [6.07, 6.45) is 4.71. The van der Waals surface area contributed by atoms with Gasteiger partial charge in [0.15, 0.2) is 0 Å². The molecule has 1 aliphatic heterocycles. The van der Waals surface area contributed by atoms with E-state index in [-0.39, 0.29) is 38.0 Å². The third-order valence-electron chi connectivity index (χ3n) is 6.21. The van der Waals surface area contributed by atoms with E-state index in [2.05, 4.69) is 15.3 Å². The van der Waals surface area contributed by atoms with Crippen LogP contribution in [0.2, 0.25) is 0 Å². The Kier molecular flexibility index (Phi) is 6.36. The summed E-state index contributed by atoms with van der Waals surface area (Å²) in [5.74, 6) is 0.480. The number of hydrogen-bond acceptors (Lipinski definition) is 7. The van der Waals surface area contributed by atoms with Crippen molar-refractivity contribution >= 4 is 49.7 Å². The Balaban J connectivity index is 1.40. The SMILES string of the molecule is CS(=O)(=O)N1CCN(N(c2ccc(-c3cc(NC(=O)C4CC4)nc4[nH]ccc34)cc2)S(=O)[O-])CC1. The number of carbonyl (C=O) groups excluding carboxylic acids is 1. The Morgan fingerprint density at radius 2 is 1.86 bits per heavy atom. The van der Waals surface area contributed by atoms with Crippen molar-refractivity contribution in [2.75, 3.05) is 42.2 Å². The standard InChI is InChI=1S/C22H26N6O5S2/c1-35(32,33)27-12-10-26(11-13-27)28(34(30)31)17-6-4-15(5-7-17)19-14-20(25-22(29)16-2-3-16)24-21-18(19)8-9-23-21/h4-9,14,16H,2-3,10-13H2,1H3,(H,30,31)(H2,23,24,25,29)/p-1. The number of nitrogens with zero attached hydrogens (tertiary/aromatic N) is 4. The molecule has 1 aliphatic carbocycles. The molecule has 0 spiro atoms. The summed E-state index contributed by atoms with van der Waals surface area (Å²) in [4.78, 5) is 19.8. The molecule has 2 N–H and O–H groups in total. The quantitative estimate of drug-likeness (QED) is 0.454. The minimum atomic E-state index is -3.32. The number of amides is 1. The normalized spacial score (nSPS) is 18.5. The van der Waals surface area contributed by atoms with E-state index in [9.17, 15) is 22.0 Å². The number of benzene rings is 1. The van der Waals surface area contributed by atoms with E-state index >= 15 is 0 Å². The van der Waals surface area contributed by atoms with Crippen LogP contribution in [0.5, 0.6) is 0 Å². The Morgan fingerprint density at radius 1 is 1.17 bits per heavy atom. The van der Waals surface area contributed by atoms with Gasteiger partial charge in [0.2, 0.25) is 15.9 Å². The third kappa shape index (κ3) is 5.09. The number of rotatable bonds is 7. The minimum Gasteiger partial charge on any atom is -0.754 e. The van der Waals surface area contributed by atoms with E-state index in [1.165, 1.54) is 4.31 Å². The molecule has 3 aromatic rings. The zero-order valence-corrected chi connectivity index (χ0v) is 20.6. The van der Waals surface area contributed by atoms with Crippen LogP contribution in [-0.4, -0.2) is 74.8 Å². The van der Waals surface area contributed by atoms with Crippen LogP contribution in [0.15, 0.2) is 42.6 Å². The van der Waals surface area contributed by atoms with Gasteiger partial charge in [-0.25, -0.2) is 22.8 Å². The minimum absolute atomic E-state index is 0.0331. The molecular weight excluding hydrogens is 492 g/mol.